The first-order chi connectivity index (χ1) is 9.95. The fourth-order valence-corrected chi connectivity index (χ4v) is 2.51. The van der Waals surface area contributed by atoms with Crippen molar-refractivity contribution in [2.45, 2.75) is 20.8 Å². The first kappa shape index (κ1) is 13.3. The molecule has 0 amide bonds. The summed E-state index contributed by atoms with van der Waals surface area (Å²) in [6.07, 6.45) is 1.84. The molecule has 3 aromatic rings. The highest BCUT2D eigenvalue weighted by Crippen LogP contribution is 2.22. The van der Waals surface area contributed by atoms with Crippen molar-refractivity contribution in [3.8, 4) is 5.69 Å². The van der Waals surface area contributed by atoms with Gasteiger partial charge in [0.2, 0.25) is 5.56 Å². The summed E-state index contributed by atoms with van der Waals surface area (Å²) in [7, 11) is 0. The highest BCUT2D eigenvalue weighted by Gasteiger charge is 2.13. The summed E-state index contributed by atoms with van der Waals surface area (Å²) < 4.78 is 1.79. The lowest BCUT2D eigenvalue weighted by Gasteiger charge is -2.09. The predicted octanol–water partition coefficient (Wildman–Crippen LogP) is 2.53. The molecule has 0 unspecified atom stereocenters. The van der Waals surface area contributed by atoms with Crippen LogP contribution in [-0.2, 0) is 0 Å². The van der Waals surface area contributed by atoms with Gasteiger partial charge in [0.25, 0.3) is 0 Å². The Labute approximate surface area is 121 Å². The van der Waals surface area contributed by atoms with E-state index >= 15 is 0 Å². The number of aryl methyl sites for hydroxylation is 2. The second kappa shape index (κ2) is 4.70. The molecule has 0 radical (unpaired) electrons. The van der Waals surface area contributed by atoms with Crippen LogP contribution in [0.15, 0.2) is 35.3 Å². The third-order valence-corrected chi connectivity index (χ3v) is 3.43. The molecule has 0 bridgehead atoms. The molecule has 0 spiro atoms. The highest BCUT2D eigenvalue weighted by molar-refractivity contribution is 5.92. The number of hydrogen-bond donors (Lipinski definition) is 1. The van der Waals surface area contributed by atoms with Crippen LogP contribution in [0.3, 0.4) is 0 Å². The van der Waals surface area contributed by atoms with Gasteiger partial charge in [0.1, 0.15) is 0 Å². The maximum atomic E-state index is 11.7. The zero-order chi connectivity index (χ0) is 15.1. The lowest BCUT2D eigenvalue weighted by molar-refractivity contribution is 0.100. The molecule has 0 aliphatic heterocycles. The summed E-state index contributed by atoms with van der Waals surface area (Å²) in [6.45, 7) is 5.29. The summed E-state index contributed by atoms with van der Waals surface area (Å²) >= 11 is 0. The maximum Gasteiger partial charge on any atom is 0.248 e. The molecule has 106 valence electrons. The molecule has 21 heavy (non-hydrogen) atoms. The Hall–Kier alpha value is -2.69. The summed E-state index contributed by atoms with van der Waals surface area (Å²) in [6, 6.07) is 7.15. The molecular formula is C16H15N3O2. The number of benzene rings is 1. The van der Waals surface area contributed by atoms with Crippen LogP contribution in [0, 0.1) is 13.8 Å². The van der Waals surface area contributed by atoms with E-state index in [0.717, 1.165) is 27.8 Å². The smallest absolute Gasteiger partial charge is 0.248 e. The second-order valence-electron chi connectivity index (χ2n) is 5.18. The average Bonchev–Trinajstić information content (AvgIpc) is 2.82. The van der Waals surface area contributed by atoms with Crippen LogP contribution >= 0.6 is 0 Å². The Morgan fingerprint density at radius 3 is 2.71 bits per heavy atom. The van der Waals surface area contributed by atoms with Crippen molar-refractivity contribution in [2.24, 2.45) is 0 Å². The van der Waals surface area contributed by atoms with Crippen molar-refractivity contribution in [3.05, 3.63) is 57.9 Å². The van der Waals surface area contributed by atoms with Gasteiger partial charge in [-0.2, -0.15) is 0 Å². The van der Waals surface area contributed by atoms with Gasteiger partial charge in [-0.1, -0.05) is 0 Å². The van der Waals surface area contributed by atoms with E-state index in [-0.39, 0.29) is 11.3 Å². The van der Waals surface area contributed by atoms with Gasteiger partial charge in [0.05, 0.1) is 11.2 Å². The lowest BCUT2D eigenvalue weighted by atomic mass is 10.1. The number of nitrogens with zero attached hydrogens (tertiary/aromatic N) is 2. The number of pyridine rings is 1. The van der Waals surface area contributed by atoms with Crippen molar-refractivity contribution in [1.82, 2.24) is 14.5 Å². The number of aromatic amines is 1. The van der Waals surface area contributed by atoms with Gasteiger partial charge in [0.15, 0.2) is 11.6 Å². The van der Waals surface area contributed by atoms with Crippen molar-refractivity contribution < 1.29 is 4.79 Å². The van der Waals surface area contributed by atoms with Crippen molar-refractivity contribution in [3.63, 3.8) is 0 Å². The molecular weight excluding hydrogens is 266 g/mol. The number of fused-ring (bicyclic) bond motifs is 1. The molecule has 1 N–H and O–H groups in total. The number of Topliss-reactive ketones (excluding diaryl/α,β-unsaturated/α-hetero) is 1. The average molecular weight is 281 g/mol. The van der Waals surface area contributed by atoms with E-state index in [1.165, 1.54) is 13.0 Å². The largest absolute Gasteiger partial charge is 0.322 e. The fraction of sp³-hybridized carbons (Fsp3) is 0.188. The molecule has 0 aliphatic carbocycles. The molecule has 0 fully saturated rings. The standard InChI is InChI=1S/C16H15N3O2/c1-9-6-13(7-12-4-5-14(21)18-15(9)12)19-8-10(2)17-16(19)11(3)20/h4-8H,1-3H3,(H,18,21). The number of H-pyrrole nitrogens is 1. The minimum atomic E-state index is -0.124. The summed E-state index contributed by atoms with van der Waals surface area (Å²) in [4.78, 5) is 30.2. The van der Waals surface area contributed by atoms with Crippen molar-refractivity contribution in [2.75, 3.05) is 0 Å². The fourth-order valence-electron chi connectivity index (χ4n) is 2.51. The number of imidazole rings is 1. The van der Waals surface area contributed by atoms with E-state index in [1.807, 2.05) is 32.2 Å². The van der Waals surface area contributed by atoms with Crippen molar-refractivity contribution in [1.29, 1.82) is 0 Å². The minimum absolute atomic E-state index is 0.0812. The zero-order valence-corrected chi connectivity index (χ0v) is 12.1. The van der Waals surface area contributed by atoms with E-state index in [9.17, 15) is 9.59 Å². The van der Waals surface area contributed by atoms with Gasteiger partial charge in [-0.3, -0.25) is 14.2 Å². The van der Waals surface area contributed by atoms with Crippen LogP contribution in [0.2, 0.25) is 0 Å². The highest BCUT2D eigenvalue weighted by atomic mass is 16.1. The summed E-state index contributed by atoms with van der Waals surface area (Å²) in [5.41, 5.74) is 3.28. The Kier molecular flexibility index (Phi) is 2.97. The maximum absolute atomic E-state index is 11.7. The van der Waals surface area contributed by atoms with Crippen LogP contribution in [0.25, 0.3) is 16.6 Å². The molecule has 2 heterocycles. The molecule has 0 saturated heterocycles. The third kappa shape index (κ3) is 2.27. The first-order valence-electron chi connectivity index (χ1n) is 6.66. The van der Waals surface area contributed by atoms with Gasteiger partial charge in [0, 0.05) is 30.3 Å². The number of nitrogens with one attached hydrogen (secondary N) is 1. The summed E-state index contributed by atoms with van der Waals surface area (Å²) in [5, 5.41) is 0.922. The minimum Gasteiger partial charge on any atom is -0.322 e. The third-order valence-electron chi connectivity index (χ3n) is 3.43. The monoisotopic (exact) mass is 281 g/mol. The Bertz CT molecular complexity index is 919. The van der Waals surface area contributed by atoms with Crippen LogP contribution < -0.4 is 5.56 Å². The molecule has 3 rings (SSSR count). The lowest BCUT2D eigenvalue weighted by Crippen LogP contribution is -2.07. The van der Waals surface area contributed by atoms with Gasteiger partial charge >= 0.3 is 0 Å². The predicted molar refractivity (Wildman–Crippen MR) is 81.2 cm³/mol. The molecule has 0 atom stereocenters. The topological polar surface area (TPSA) is 67.8 Å². The number of aromatic nitrogens is 3. The number of carbonyl (C=O) groups is 1. The number of rotatable bonds is 2. The Morgan fingerprint density at radius 1 is 1.24 bits per heavy atom. The Morgan fingerprint density at radius 2 is 2.00 bits per heavy atom. The molecule has 5 nitrogen and oxygen atoms in total. The molecule has 0 saturated carbocycles. The van der Waals surface area contributed by atoms with Gasteiger partial charge in [-0.05, 0) is 37.6 Å². The van der Waals surface area contributed by atoms with Crippen molar-refractivity contribution >= 4 is 16.7 Å². The Balaban J connectivity index is 2.29. The number of hydrogen-bond acceptors (Lipinski definition) is 3. The van der Waals surface area contributed by atoms with E-state index < -0.39 is 0 Å². The molecule has 2 aromatic heterocycles. The van der Waals surface area contributed by atoms with Gasteiger partial charge < -0.3 is 4.98 Å². The van der Waals surface area contributed by atoms with E-state index in [2.05, 4.69) is 9.97 Å². The molecule has 1 aromatic carbocycles. The van der Waals surface area contributed by atoms with E-state index in [0.29, 0.717) is 5.82 Å². The zero-order valence-electron chi connectivity index (χ0n) is 12.1. The van der Waals surface area contributed by atoms with Crippen LogP contribution in [0.1, 0.15) is 28.8 Å². The van der Waals surface area contributed by atoms with Crippen LogP contribution in [0.5, 0.6) is 0 Å². The number of carbonyl (C=O) groups excluding carboxylic acids is 1. The second-order valence-corrected chi connectivity index (χ2v) is 5.18. The quantitative estimate of drug-likeness (QED) is 0.734. The SMILES string of the molecule is CC(=O)c1nc(C)cn1-c1cc(C)c2[nH]c(=O)ccc2c1. The first-order valence-corrected chi connectivity index (χ1v) is 6.66. The molecule has 5 heteroatoms. The molecule has 0 aliphatic rings. The van der Waals surface area contributed by atoms with E-state index in [1.54, 1.807) is 10.6 Å². The van der Waals surface area contributed by atoms with E-state index in [4.69, 9.17) is 0 Å². The van der Waals surface area contributed by atoms with Gasteiger partial charge in [-0.15, -0.1) is 0 Å². The van der Waals surface area contributed by atoms with Crippen LogP contribution in [-0.4, -0.2) is 20.3 Å². The number of ketones is 1. The van der Waals surface area contributed by atoms with Crippen LogP contribution in [0.4, 0.5) is 0 Å². The summed E-state index contributed by atoms with van der Waals surface area (Å²) in [5.74, 6) is 0.331. The van der Waals surface area contributed by atoms with Gasteiger partial charge in [-0.25, -0.2) is 4.98 Å². The normalized spacial score (nSPS) is 11.0.